The van der Waals surface area contributed by atoms with Gasteiger partial charge in [0.25, 0.3) is 0 Å². The highest BCUT2D eigenvalue weighted by atomic mass is 32.2. The number of hydrogen-bond donors (Lipinski definition) is 0. The first-order valence-electron chi connectivity index (χ1n) is 8.33. The SMILES string of the molecule is CC(C)S/C=C(/[CH][CH][C]1CCCCC1)C1=CCCCC1. The number of hydrogen-bond acceptors (Lipinski definition) is 1. The molecule has 1 fully saturated rings. The smallest absolute Gasteiger partial charge is 0.00318 e. The second-order valence-corrected chi connectivity index (χ2v) is 7.74. The van der Waals surface area contributed by atoms with Crippen LogP contribution in [0.25, 0.3) is 0 Å². The van der Waals surface area contributed by atoms with Gasteiger partial charge < -0.3 is 0 Å². The topological polar surface area (TPSA) is 0 Å². The Hall–Kier alpha value is -0.170. The van der Waals surface area contributed by atoms with Gasteiger partial charge >= 0.3 is 0 Å². The molecule has 0 aromatic carbocycles. The first kappa shape index (κ1) is 16.2. The van der Waals surface area contributed by atoms with Gasteiger partial charge in [-0.25, -0.2) is 0 Å². The van der Waals surface area contributed by atoms with Gasteiger partial charge in [-0.3, -0.25) is 0 Å². The van der Waals surface area contributed by atoms with Crippen LogP contribution in [0.5, 0.6) is 0 Å². The maximum absolute atomic E-state index is 2.46. The minimum Gasteiger partial charge on any atom is -0.131 e. The van der Waals surface area contributed by atoms with Crippen LogP contribution < -0.4 is 0 Å². The molecule has 2 rings (SSSR count). The van der Waals surface area contributed by atoms with E-state index in [0.717, 1.165) is 0 Å². The Bertz CT molecular complexity index is 332. The summed E-state index contributed by atoms with van der Waals surface area (Å²) in [5.74, 6) is 1.66. The minimum absolute atomic E-state index is 0.671. The van der Waals surface area contributed by atoms with E-state index in [9.17, 15) is 0 Å². The second kappa shape index (κ2) is 8.97. The number of allylic oxidation sites excluding steroid dienone is 3. The van der Waals surface area contributed by atoms with Gasteiger partial charge in [-0.2, -0.15) is 0 Å². The van der Waals surface area contributed by atoms with Gasteiger partial charge in [0, 0.05) is 5.25 Å². The Labute approximate surface area is 130 Å². The molecule has 2 aliphatic rings. The Balaban J connectivity index is 1.91. The monoisotopic (exact) mass is 289 g/mol. The quantitative estimate of drug-likeness (QED) is 0.540. The lowest BCUT2D eigenvalue weighted by Gasteiger charge is -2.22. The predicted molar refractivity (Wildman–Crippen MR) is 92.3 cm³/mol. The summed E-state index contributed by atoms with van der Waals surface area (Å²) >= 11 is 1.96. The Morgan fingerprint density at radius 2 is 1.80 bits per heavy atom. The molecule has 0 nitrogen and oxygen atoms in total. The third kappa shape index (κ3) is 5.68. The Kier molecular flexibility index (Phi) is 7.27. The highest BCUT2D eigenvalue weighted by molar-refractivity contribution is 8.02. The molecular formula is C19H29S. The van der Waals surface area contributed by atoms with Crippen molar-refractivity contribution in [1.82, 2.24) is 0 Å². The van der Waals surface area contributed by atoms with Gasteiger partial charge in [-0.1, -0.05) is 39.2 Å². The third-order valence-corrected chi connectivity index (χ3v) is 5.06. The molecule has 2 aliphatic carbocycles. The van der Waals surface area contributed by atoms with Gasteiger partial charge in [0.15, 0.2) is 0 Å². The van der Waals surface area contributed by atoms with Gasteiger partial charge in [0.2, 0.25) is 0 Å². The summed E-state index contributed by atoms with van der Waals surface area (Å²) in [7, 11) is 0. The predicted octanol–water partition coefficient (Wildman–Crippen LogP) is 6.46. The fourth-order valence-corrected chi connectivity index (χ4v) is 3.56. The van der Waals surface area contributed by atoms with Crippen LogP contribution in [0.3, 0.4) is 0 Å². The average Bonchev–Trinajstić information content (AvgIpc) is 2.49. The average molecular weight is 290 g/mol. The van der Waals surface area contributed by atoms with Crippen LogP contribution in [0, 0.1) is 18.8 Å². The maximum atomic E-state index is 2.46. The van der Waals surface area contributed by atoms with E-state index in [2.05, 4.69) is 38.2 Å². The Morgan fingerprint density at radius 1 is 1.05 bits per heavy atom. The van der Waals surface area contributed by atoms with Crippen LogP contribution in [-0.2, 0) is 0 Å². The molecule has 0 N–H and O–H groups in total. The van der Waals surface area contributed by atoms with Gasteiger partial charge in [-0.05, 0) is 73.8 Å². The van der Waals surface area contributed by atoms with Crippen molar-refractivity contribution in [3.8, 4) is 0 Å². The summed E-state index contributed by atoms with van der Waals surface area (Å²) in [6, 6.07) is 0. The maximum Gasteiger partial charge on any atom is 0.00318 e. The molecule has 0 amide bonds. The summed E-state index contributed by atoms with van der Waals surface area (Å²) in [4.78, 5) is 0. The molecule has 0 bridgehead atoms. The van der Waals surface area contributed by atoms with E-state index in [1.165, 1.54) is 63.4 Å². The summed E-state index contributed by atoms with van der Waals surface area (Å²) in [5, 5.41) is 3.06. The lowest BCUT2D eigenvalue weighted by Crippen LogP contribution is -2.06. The number of rotatable bonds is 6. The molecule has 1 saturated carbocycles. The molecule has 0 atom stereocenters. The molecule has 0 saturated heterocycles. The molecule has 20 heavy (non-hydrogen) atoms. The van der Waals surface area contributed by atoms with Crippen molar-refractivity contribution in [3.63, 3.8) is 0 Å². The highest BCUT2D eigenvalue weighted by Gasteiger charge is 2.16. The lowest BCUT2D eigenvalue weighted by atomic mass is 9.83. The molecule has 111 valence electrons. The van der Waals surface area contributed by atoms with Crippen molar-refractivity contribution in [2.24, 2.45) is 0 Å². The third-order valence-electron chi connectivity index (χ3n) is 4.12. The summed E-state index contributed by atoms with van der Waals surface area (Å²) < 4.78 is 0. The van der Waals surface area contributed by atoms with E-state index in [-0.39, 0.29) is 0 Å². The molecule has 0 unspecified atom stereocenters. The molecule has 1 heteroatoms. The van der Waals surface area contributed by atoms with Crippen LogP contribution in [0.1, 0.15) is 71.6 Å². The molecule has 0 spiro atoms. The summed E-state index contributed by atoms with van der Waals surface area (Å²) in [5.41, 5.74) is 3.05. The van der Waals surface area contributed by atoms with Crippen molar-refractivity contribution >= 4 is 11.8 Å². The molecule has 0 aromatic heterocycles. The van der Waals surface area contributed by atoms with Crippen LogP contribution in [-0.4, -0.2) is 5.25 Å². The van der Waals surface area contributed by atoms with E-state index in [4.69, 9.17) is 0 Å². The summed E-state index contributed by atoms with van der Waals surface area (Å²) in [6.07, 6.45) is 19.4. The van der Waals surface area contributed by atoms with Crippen LogP contribution in [0.2, 0.25) is 0 Å². The van der Waals surface area contributed by atoms with E-state index < -0.39 is 0 Å². The molecular weight excluding hydrogens is 260 g/mol. The zero-order chi connectivity index (χ0) is 14.2. The largest absolute Gasteiger partial charge is 0.131 e. The van der Waals surface area contributed by atoms with Crippen molar-refractivity contribution in [3.05, 3.63) is 41.4 Å². The van der Waals surface area contributed by atoms with E-state index >= 15 is 0 Å². The van der Waals surface area contributed by atoms with Crippen molar-refractivity contribution in [2.45, 2.75) is 76.9 Å². The van der Waals surface area contributed by atoms with Crippen LogP contribution in [0.4, 0.5) is 0 Å². The van der Waals surface area contributed by atoms with E-state index in [0.29, 0.717) is 5.25 Å². The number of thioether (sulfide) groups is 1. The van der Waals surface area contributed by atoms with Gasteiger partial charge in [0.05, 0.1) is 0 Å². The van der Waals surface area contributed by atoms with Crippen LogP contribution >= 0.6 is 11.8 Å². The molecule has 0 aromatic rings. The molecule has 3 radical (unpaired) electrons. The second-order valence-electron chi connectivity index (χ2n) is 6.29. The van der Waals surface area contributed by atoms with Gasteiger partial charge in [0.1, 0.15) is 0 Å². The van der Waals surface area contributed by atoms with Crippen LogP contribution in [0.15, 0.2) is 22.6 Å². The highest BCUT2D eigenvalue weighted by Crippen LogP contribution is 2.33. The van der Waals surface area contributed by atoms with Crippen molar-refractivity contribution < 1.29 is 0 Å². The van der Waals surface area contributed by atoms with E-state index in [1.807, 2.05) is 11.8 Å². The minimum atomic E-state index is 0.671. The normalized spacial score (nSPS) is 22.1. The molecule has 0 heterocycles. The first-order valence-corrected chi connectivity index (χ1v) is 9.28. The van der Waals surface area contributed by atoms with Gasteiger partial charge in [-0.15, -0.1) is 11.8 Å². The first-order chi connectivity index (χ1) is 9.75. The van der Waals surface area contributed by atoms with Crippen molar-refractivity contribution in [1.29, 1.82) is 0 Å². The fourth-order valence-electron chi connectivity index (χ4n) is 2.91. The fraction of sp³-hybridized carbons (Fsp3) is 0.632. The Morgan fingerprint density at radius 3 is 2.45 bits per heavy atom. The van der Waals surface area contributed by atoms with Crippen molar-refractivity contribution in [2.75, 3.05) is 0 Å². The summed E-state index contributed by atoms with van der Waals surface area (Å²) in [6.45, 7) is 4.54. The molecule has 0 aliphatic heterocycles. The van der Waals surface area contributed by atoms with E-state index in [1.54, 1.807) is 11.5 Å². The lowest BCUT2D eigenvalue weighted by molar-refractivity contribution is 0.547. The zero-order valence-corrected chi connectivity index (χ0v) is 14.0. The zero-order valence-electron chi connectivity index (χ0n) is 13.2. The standard InChI is InChI=1S/C19H29S/c1-16(2)20-15-19(18-11-7-4-8-12-18)14-13-17-9-5-3-6-10-17/h11,13-16H,3-10,12H2,1-2H3/b19-15-.